The van der Waals surface area contributed by atoms with Gasteiger partial charge in [0.05, 0.1) is 25.2 Å². The third-order valence-corrected chi connectivity index (χ3v) is 4.42. The second-order valence-electron chi connectivity index (χ2n) is 5.91. The van der Waals surface area contributed by atoms with E-state index in [9.17, 15) is 19.1 Å². The maximum absolute atomic E-state index is 14.9. The van der Waals surface area contributed by atoms with Crippen molar-refractivity contribution in [2.24, 2.45) is 5.41 Å². The number of nitrogens with zero attached hydrogens (tertiary/aromatic N) is 1. The van der Waals surface area contributed by atoms with E-state index in [1.165, 1.54) is 4.90 Å². The van der Waals surface area contributed by atoms with Crippen molar-refractivity contribution in [2.75, 3.05) is 26.3 Å². The van der Waals surface area contributed by atoms with Crippen molar-refractivity contribution >= 4 is 11.9 Å². The largest absolute Gasteiger partial charge is 0.479 e. The van der Waals surface area contributed by atoms with Gasteiger partial charge in [0.15, 0.2) is 0 Å². The Morgan fingerprint density at radius 3 is 2.29 bits per heavy atom. The lowest BCUT2D eigenvalue weighted by molar-refractivity contribution is -0.192. The van der Waals surface area contributed by atoms with Crippen LogP contribution >= 0.6 is 0 Å². The molecule has 2 aliphatic heterocycles. The Morgan fingerprint density at radius 1 is 1.24 bits per heavy atom. The molecule has 3 rings (SSSR count). The van der Waals surface area contributed by atoms with E-state index in [1.807, 2.05) is 6.92 Å². The molecule has 0 bridgehead atoms. The highest BCUT2D eigenvalue weighted by molar-refractivity contribution is 5.95. The van der Waals surface area contributed by atoms with Gasteiger partial charge in [-0.1, -0.05) is 17.7 Å². The first-order valence-corrected chi connectivity index (χ1v) is 6.74. The Morgan fingerprint density at radius 2 is 1.86 bits per heavy atom. The molecule has 0 saturated carbocycles. The summed E-state index contributed by atoms with van der Waals surface area (Å²) in [5.74, 6) is -1.87. The number of ether oxygens (including phenoxy) is 1. The monoisotopic (exact) mass is 293 g/mol. The standard InChI is InChI=1S/C15H16FNO4/c1-10-2-4-11(5-3-10)12(18)17-6-14(8-21-9-14)15(16,7-17)13(19)20/h2-5H,6-9H2,1H3,(H,19,20). The maximum Gasteiger partial charge on any atom is 0.344 e. The fraction of sp³-hybridized carbons (Fsp3) is 0.467. The molecule has 2 aliphatic rings. The van der Waals surface area contributed by atoms with E-state index in [-0.39, 0.29) is 25.7 Å². The molecule has 1 unspecified atom stereocenters. The molecule has 2 heterocycles. The Kier molecular flexibility index (Phi) is 3.02. The molecule has 2 saturated heterocycles. The van der Waals surface area contributed by atoms with Gasteiger partial charge in [0.25, 0.3) is 5.91 Å². The summed E-state index contributed by atoms with van der Waals surface area (Å²) in [5.41, 5.74) is -2.10. The molecular formula is C15H16FNO4. The summed E-state index contributed by atoms with van der Waals surface area (Å²) in [6.07, 6.45) is 0. The zero-order valence-electron chi connectivity index (χ0n) is 11.6. The van der Waals surface area contributed by atoms with Crippen molar-refractivity contribution < 1.29 is 23.8 Å². The predicted octanol–water partition coefficient (Wildman–Crippen LogP) is 1.26. The maximum atomic E-state index is 14.9. The van der Waals surface area contributed by atoms with E-state index >= 15 is 0 Å². The number of hydrogen-bond acceptors (Lipinski definition) is 3. The molecule has 2 fully saturated rings. The Balaban J connectivity index is 1.86. The number of amides is 1. The number of carbonyl (C=O) groups is 2. The molecule has 112 valence electrons. The Labute approximate surface area is 121 Å². The van der Waals surface area contributed by atoms with Gasteiger partial charge in [0, 0.05) is 12.1 Å². The lowest BCUT2D eigenvalue weighted by Crippen LogP contribution is -2.60. The molecule has 1 amide bonds. The summed E-state index contributed by atoms with van der Waals surface area (Å²) in [6.45, 7) is 1.61. The number of carbonyl (C=O) groups excluding carboxylic acids is 1. The topological polar surface area (TPSA) is 66.8 Å². The molecular weight excluding hydrogens is 277 g/mol. The Bertz CT molecular complexity index is 596. The number of benzene rings is 1. The van der Waals surface area contributed by atoms with Crippen LogP contribution in [0.5, 0.6) is 0 Å². The van der Waals surface area contributed by atoms with Gasteiger partial charge in [-0.05, 0) is 19.1 Å². The van der Waals surface area contributed by atoms with Gasteiger partial charge >= 0.3 is 5.97 Å². The first-order valence-electron chi connectivity index (χ1n) is 6.74. The highest BCUT2D eigenvalue weighted by atomic mass is 19.1. The molecule has 1 atom stereocenters. The van der Waals surface area contributed by atoms with Gasteiger partial charge in [0.1, 0.15) is 0 Å². The molecule has 6 heteroatoms. The minimum atomic E-state index is -2.44. The summed E-state index contributed by atoms with van der Waals surface area (Å²) in [7, 11) is 0. The summed E-state index contributed by atoms with van der Waals surface area (Å²) in [5, 5.41) is 9.21. The van der Waals surface area contributed by atoms with E-state index in [0.29, 0.717) is 5.56 Å². The summed E-state index contributed by atoms with van der Waals surface area (Å²) >= 11 is 0. The predicted molar refractivity (Wildman–Crippen MR) is 71.8 cm³/mol. The van der Waals surface area contributed by atoms with Crippen LogP contribution in [0.25, 0.3) is 0 Å². The molecule has 1 spiro atoms. The van der Waals surface area contributed by atoms with Crippen molar-refractivity contribution in [1.82, 2.24) is 4.90 Å². The number of halogens is 1. The molecule has 0 radical (unpaired) electrons. The highest BCUT2D eigenvalue weighted by Gasteiger charge is 2.68. The molecule has 0 aromatic heterocycles. The lowest BCUT2D eigenvalue weighted by atomic mass is 9.74. The van der Waals surface area contributed by atoms with Crippen LogP contribution in [-0.2, 0) is 9.53 Å². The molecule has 1 aromatic carbocycles. The number of aliphatic carboxylic acids is 1. The van der Waals surface area contributed by atoms with Crippen molar-refractivity contribution in [1.29, 1.82) is 0 Å². The quantitative estimate of drug-likeness (QED) is 0.891. The van der Waals surface area contributed by atoms with Gasteiger partial charge in [-0.2, -0.15) is 0 Å². The van der Waals surface area contributed by atoms with Crippen molar-refractivity contribution in [3.05, 3.63) is 35.4 Å². The van der Waals surface area contributed by atoms with Crippen LogP contribution in [-0.4, -0.2) is 53.9 Å². The van der Waals surface area contributed by atoms with Crippen LogP contribution in [0, 0.1) is 12.3 Å². The van der Waals surface area contributed by atoms with Gasteiger partial charge < -0.3 is 14.7 Å². The zero-order chi connectivity index (χ0) is 15.3. The summed E-state index contributed by atoms with van der Waals surface area (Å²) in [4.78, 5) is 25.0. The number of hydrogen-bond donors (Lipinski definition) is 1. The van der Waals surface area contributed by atoms with Crippen LogP contribution in [0.3, 0.4) is 0 Å². The Hall–Kier alpha value is -1.95. The average molecular weight is 293 g/mol. The smallest absolute Gasteiger partial charge is 0.344 e. The number of likely N-dealkylation sites (tertiary alicyclic amines) is 1. The average Bonchev–Trinajstić information content (AvgIpc) is 2.74. The molecule has 0 aliphatic carbocycles. The van der Waals surface area contributed by atoms with Crippen LogP contribution in [0.2, 0.25) is 0 Å². The van der Waals surface area contributed by atoms with E-state index in [0.717, 1.165) is 5.56 Å². The van der Waals surface area contributed by atoms with Gasteiger partial charge in [-0.15, -0.1) is 0 Å². The normalized spacial score (nSPS) is 26.7. The third-order valence-electron chi connectivity index (χ3n) is 4.42. The van der Waals surface area contributed by atoms with Crippen LogP contribution < -0.4 is 0 Å². The number of aryl methyl sites for hydroxylation is 1. The molecule has 1 N–H and O–H groups in total. The fourth-order valence-corrected chi connectivity index (χ4v) is 2.96. The van der Waals surface area contributed by atoms with Crippen LogP contribution in [0.4, 0.5) is 4.39 Å². The number of carboxylic acids is 1. The number of rotatable bonds is 2. The van der Waals surface area contributed by atoms with Gasteiger partial charge in [-0.3, -0.25) is 4.79 Å². The summed E-state index contributed by atoms with van der Waals surface area (Å²) < 4.78 is 19.9. The highest BCUT2D eigenvalue weighted by Crippen LogP contribution is 2.48. The molecule has 5 nitrogen and oxygen atoms in total. The fourth-order valence-electron chi connectivity index (χ4n) is 2.96. The number of alkyl halides is 1. The van der Waals surface area contributed by atoms with Gasteiger partial charge in [0.2, 0.25) is 5.67 Å². The van der Waals surface area contributed by atoms with Gasteiger partial charge in [-0.25, -0.2) is 9.18 Å². The minimum Gasteiger partial charge on any atom is -0.479 e. The van der Waals surface area contributed by atoms with E-state index < -0.39 is 23.6 Å². The third kappa shape index (κ3) is 1.93. The van der Waals surface area contributed by atoms with E-state index in [2.05, 4.69) is 0 Å². The van der Waals surface area contributed by atoms with Crippen molar-refractivity contribution in [3.63, 3.8) is 0 Å². The lowest BCUT2D eigenvalue weighted by Gasteiger charge is -2.43. The number of carboxylic acid groups (broad SMARTS) is 1. The summed E-state index contributed by atoms with van der Waals surface area (Å²) in [6, 6.07) is 6.93. The molecule has 1 aromatic rings. The molecule has 21 heavy (non-hydrogen) atoms. The van der Waals surface area contributed by atoms with Crippen molar-refractivity contribution in [2.45, 2.75) is 12.6 Å². The van der Waals surface area contributed by atoms with Crippen molar-refractivity contribution in [3.8, 4) is 0 Å². The first-order chi connectivity index (χ1) is 9.88. The first kappa shape index (κ1) is 14.0. The zero-order valence-corrected chi connectivity index (χ0v) is 11.6. The van der Waals surface area contributed by atoms with E-state index in [4.69, 9.17) is 4.74 Å². The van der Waals surface area contributed by atoms with E-state index in [1.54, 1.807) is 24.3 Å². The minimum absolute atomic E-state index is 0.0352. The second-order valence-corrected chi connectivity index (χ2v) is 5.91. The SMILES string of the molecule is Cc1ccc(C(=O)N2CC3(COC3)C(F)(C(=O)O)C2)cc1. The van der Waals surface area contributed by atoms with Crippen LogP contribution in [0.15, 0.2) is 24.3 Å². The second kappa shape index (κ2) is 4.53. The van der Waals surface area contributed by atoms with Crippen LogP contribution in [0.1, 0.15) is 15.9 Å².